The summed E-state index contributed by atoms with van der Waals surface area (Å²) in [5, 5.41) is 19.5. The van der Waals surface area contributed by atoms with E-state index in [1.54, 1.807) is 31.2 Å². The Labute approximate surface area is 117 Å². The van der Waals surface area contributed by atoms with E-state index >= 15 is 0 Å². The van der Waals surface area contributed by atoms with Crippen molar-refractivity contribution in [3.8, 4) is 11.5 Å². The number of Topliss-reactive ketones (excluding diaryl/α,β-unsaturated/α-hetero) is 1. The lowest BCUT2D eigenvalue weighted by atomic mass is 9.97. The average Bonchev–Trinajstić information content (AvgIpc) is 2.39. The molecule has 2 N–H and O–H groups in total. The van der Waals surface area contributed by atoms with E-state index in [2.05, 4.69) is 0 Å². The Morgan fingerprint density at radius 2 is 1.85 bits per heavy atom. The Bertz CT molecular complexity index is 663. The highest BCUT2D eigenvalue weighted by Crippen LogP contribution is 2.33. The van der Waals surface area contributed by atoms with Crippen molar-refractivity contribution < 1.29 is 19.7 Å². The molecule has 0 aromatic heterocycles. The van der Waals surface area contributed by atoms with E-state index in [9.17, 15) is 15.0 Å². The van der Waals surface area contributed by atoms with Gasteiger partial charge in [-0.05, 0) is 55.3 Å². The second-order valence-corrected chi connectivity index (χ2v) is 4.75. The molecular formula is C16H16O4. The van der Waals surface area contributed by atoms with E-state index in [0.29, 0.717) is 11.1 Å². The van der Waals surface area contributed by atoms with Gasteiger partial charge in [0.15, 0.2) is 17.3 Å². The normalized spacial score (nSPS) is 16.9. The smallest absolute Gasteiger partial charge is 0.227 e. The fourth-order valence-electron chi connectivity index (χ4n) is 2.09. The van der Waals surface area contributed by atoms with Crippen molar-refractivity contribution in [3.05, 3.63) is 52.3 Å². The van der Waals surface area contributed by atoms with Crippen LogP contribution < -0.4 is 0 Å². The first-order valence-electron chi connectivity index (χ1n) is 6.15. The van der Waals surface area contributed by atoms with E-state index in [0.717, 1.165) is 11.1 Å². The van der Waals surface area contributed by atoms with Crippen molar-refractivity contribution in [2.24, 2.45) is 0 Å². The molecule has 4 nitrogen and oxygen atoms in total. The van der Waals surface area contributed by atoms with Crippen LogP contribution in [0.1, 0.15) is 18.1 Å². The number of allylic oxidation sites excluding steroid dienone is 4. The lowest BCUT2D eigenvalue weighted by Crippen LogP contribution is -2.10. The van der Waals surface area contributed by atoms with Crippen molar-refractivity contribution in [2.75, 3.05) is 7.11 Å². The molecule has 0 radical (unpaired) electrons. The summed E-state index contributed by atoms with van der Waals surface area (Å²) in [5.74, 6) is -0.440. The minimum Gasteiger partial charge on any atom is -0.504 e. The Kier molecular flexibility index (Phi) is 3.66. The lowest BCUT2D eigenvalue weighted by Gasteiger charge is -2.13. The van der Waals surface area contributed by atoms with Gasteiger partial charge in [0, 0.05) is 11.1 Å². The van der Waals surface area contributed by atoms with Gasteiger partial charge in [0.25, 0.3) is 0 Å². The van der Waals surface area contributed by atoms with Crippen LogP contribution >= 0.6 is 0 Å². The maximum absolute atomic E-state index is 12.1. The van der Waals surface area contributed by atoms with Gasteiger partial charge in [-0.1, -0.05) is 0 Å². The zero-order valence-corrected chi connectivity index (χ0v) is 11.6. The predicted octanol–water partition coefficient (Wildman–Crippen LogP) is 2.85. The number of aryl methyl sites for hydroxylation is 1. The van der Waals surface area contributed by atoms with Crippen LogP contribution in [0.2, 0.25) is 0 Å². The fourth-order valence-corrected chi connectivity index (χ4v) is 2.09. The van der Waals surface area contributed by atoms with Crippen molar-refractivity contribution in [3.63, 3.8) is 0 Å². The van der Waals surface area contributed by atoms with E-state index < -0.39 is 0 Å². The summed E-state index contributed by atoms with van der Waals surface area (Å²) in [5.41, 5.74) is 2.47. The molecule has 4 heteroatoms. The van der Waals surface area contributed by atoms with E-state index in [1.807, 2.05) is 6.92 Å². The summed E-state index contributed by atoms with van der Waals surface area (Å²) in [4.78, 5) is 12.1. The molecule has 0 heterocycles. The van der Waals surface area contributed by atoms with Gasteiger partial charge >= 0.3 is 0 Å². The third-order valence-electron chi connectivity index (χ3n) is 3.02. The minimum atomic E-state index is -0.251. The van der Waals surface area contributed by atoms with Gasteiger partial charge in [0.05, 0.1) is 7.11 Å². The van der Waals surface area contributed by atoms with Crippen LogP contribution in [0.15, 0.2) is 41.2 Å². The molecule has 0 saturated heterocycles. The Balaban J connectivity index is 2.52. The number of carbonyl (C=O) groups is 1. The summed E-state index contributed by atoms with van der Waals surface area (Å²) in [6.07, 6.45) is 4.91. The van der Waals surface area contributed by atoms with Crippen LogP contribution in [0.25, 0.3) is 6.08 Å². The highest BCUT2D eigenvalue weighted by atomic mass is 16.5. The first-order valence-corrected chi connectivity index (χ1v) is 6.15. The topological polar surface area (TPSA) is 66.8 Å². The van der Waals surface area contributed by atoms with Crippen LogP contribution in [0, 0.1) is 6.92 Å². The number of hydrogen-bond acceptors (Lipinski definition) is 4. The zero-order valence-electron chi connectivity index (χ0n) is 11.6. The summed E-state index contributed by atoms with van der Waals surface area (Å²) in [6, 6.07) is 3.16. The van der Waals surface area contributed by atoms with Gasteiger partial charge in [-0.15, -0.1) is 0 Å². The van der Waals surface area contributed by atoms with Crippen molar-refractivity contribution in [1.82, 2.24) is 0 Å². The molecular weight excluding hydrogens is 256 g/mol. The number of phenolic OH excluding ortho intramolecular Hbond substituents is 2. The number of hydrogen-bond donors (Lipinski definition) is 2. The molecule has 2 rings (SSSR count). The van der Waals surface area contributed by atoms with Gasteiger partial charge < -0.3 is 14.9 Å². The molecule has 0 bridgehead atoms. The van der Waals surface area contributed by atoms with Crippen LogP contribution in [-0.4, -0.2) is 23.1 Å². The summed E-state index contributed by atoms with van der Waals surface area (Å²) in [6.45, 7) is 3.65. The Morgan fingerprint density at radius 3 is 2.50 bits per heavy atom. The summed E-state index contributed by atoms with van der Waals surface area (Å²) < 4.78 is 5.04. The van der Waals surface area contributed by atoms with Crippen LogP contribution in [0.4, 0.5) is 0 Å². The first kappa shape index (κ1) is 13.9. The highest BCUT2D eigenvalue weighted by Gasteiger charge is 2.19. The van der Waals surface area contributed by atoms with Gasteiger partial charge in [-0.3, -0.25) is 4.79 Å². The van der Waals surface area contributed by atoms with Crippen LogP contribution in [0.5, 0.6) is 11.5 Å². The number of phenols is 2. The molecule has 1 aromatic rings. The monoisotopic (exact) mass is 272 g/mol. The average molecular weight is 272 g/mol. The predicted molar refractivity (Wildman–Crippen MR) is 76.3 cm³/mol. The number of ketones is 1. The Hall–Kier alpha value is -2.49. The number of benzene rings is 1. The fraction of sp³-hybridized carbons (Fsp3) is 0.188. The molecule has 1 aliphatic carbocycles. The van der Waals surface area contributed by atoms with Crippen LogP contribution in [-0.2, 0) is 9.53 Å². The van der Waals surface area contributed by atoms with Crippen molar-refractivity contribution in [1.29, 1.82) is 0 Å². The highest BCUT2D eigenvalue weighted by molar-refractivity contribution is 6.13. The van der Waals surface area contributed by atoms with Crippen LogP contribution in [0.3, 0.4) is 0 Å². The number of ether oxygens (including phenoxy) is 1. The molecule has 0 spiro atoms. The summed E-state index contributed by atoms with van der Waals surface area (Å²) in [7, 11) is 1.44. The SMILES string of the molecule is COC1=CC(C)=C/C(=C\c2cc(C)cc(O)c2O)C1=O. The first-order chi connectivity index (χ1) is 9.42. The molecule has 0 atom stereocenters. The maximum Gasteiger partial charge on any atom is 0.227 e. The molecule has 104 valence electrons. The molecule has 0 aliphatic heterocycles. The summed E-state index contributed by atoms with van der Waals surface area (Å²) >= 11 is 0. The number of methoxy groups -OCH3 is 1. The van der Waals surface area contributed by atoms with Crippen molar-refractivity contribution in [2.45, 2.75) is 13.8 Å². The number of carbonyl (C=O) groups excluding carboxylic acids is 1. The molecule has 20 heavy (non-hydrogen) atoms. The molecule has 0 saturated carbocycles. The largest absolute Gasteiger partial charge is 0.504 e. The lowest BCUT2D eigenvalue weighted by molar-refractivity contribution is -0.114. The molecule has 0 unspecified atom stereocenters. The van der Waals surface area contributed by atoms with E-state index in [4.69, 9.17) is 4.74 Å². The minimum absolute atomic E-state index is 0.205. The maximum atomic E-state index is 12.1. The second kappa shape index (κ2) is 5.25. The molecule has 1 aliphatic rings. The zero-order chi connectivity index (χ0) is 14.9. The molecule has 1 aromatic carbocycles. The van der Waals surface area contributed by atoms with Gasteiger partial charge in [-0.25, -0.2) is 0 Å². The quantitative estimate of drug-likeness (QED) is 0.641. The van der Waals surface area contributed by atoms with Crippen molar-refractivity contribution >= 4 is 11.9 Å². The second-order valence-electron chi connectivity index (χ2n) is 4.75. The molecule has 0 amide bonds. The standard InChI is InChI=1S/C16H16O4/c1-9-4-11(15(18)13(17)6-9)8-12-5-10(2)7-14(20-3)16(12)19/h4-8,17-18H,1-3H3/b12-8+. The number of rotatable bonds is 2. The van der Waals surface area contributed by atoms with E-state index in [1.165, 1.54) is 13.2 Å². The molecule has 0 fully saturated rings. The Morgan fingerprint density at radius 1 is 1.15 bits per heavy atom. The third kappa shape index (κ3) is 2.59. The van der Waals surface area contributed by atoms with E-state index in [-0.39, 0.29) is 23.0 Å². The van der Waals surface area contributed by atoms with Gasteiger partial charge in [0.1, 0.15) is 0 Å². The third-order valence-corrected chi connectivity index (χ3v) is 3.02. The number of aromatic hydroxyl groups is 2. The van der Waals surface area contributed by atoms with Gasteiger partial charge in [0.2, 0.25) is 5.78 Å². The van der Waals surface area contributed by atoms with Gasteiger partial charge in [-0.2, -0.15) is 0 Å².